The summed E-state index contributed by atoms with van der Waals surface area (Å²) in [5.41, 5.74) is 3.98. The molecule has 1 N–H and O–H groups in total. The van der Waals surface area contributed by atoms with E-state index in [2.05, 4.69) is 41.3 Å². The Morgan fingerprint density at radius 2 is 1.71 bits per heavy atom. The lowest BCUT2D eigenvalue weighted by Gasteiger charge is -2.17. The van der Waals surface area contributed by atoms with Crippen molar-refractivity contribution >= 4 is 18.0 Å². The van der Waals surface area contributed by atoms with Crippen molar-refractivity contribution in [1.82, 2.24) is 15.4 Å². The van der Waals surface area contributed by atoms with Gasteiger partial charge in [-0.1, -0.05) is 18.2 Å². The van der Waals surface area contributed by atoms with Gasteiger partial charge in [-0.3, -0.25) is 0 Å². The molecular formula is C17H22N4O2S. The first-order chi connectivity index (χ1) is 11.4. The molecule has 0 spiro atoms. The van der Waals surface area contributed by atoms with Gasteiger partial charge in [0, 0.05) is 16.0 Å². The minimum atomic E-state index is -0.0815. The lowest BCUT2D eigenvalue weighted by Crippen LogP contribution is -2.31. The van der Waals surface area contributed by atoms with E-state index in [0.29, 0.717) is 16.9 Å². The average Bonchev–Trinajstić information content (AvgIpc) is 2.55. The summed E-state index contributed by atoms with van der Waals surface area (Å²) in [5.74, 6) is 0.926. The van der Waals surface area contributed by atoms with Crippen LogP contribution in [0.1, 0.15) is 26.3 Å². The van der Waals surface area contributed by atoms with Crippen LogP contribution in [-0.2, 0) is 0 Å². The van der Waals surface area contributed by atoms with Crippen molar-refractivity contribution in [2.75, 3.05) is 14.2 Å². The third kappa shape index (κ3) is 5.42. The Hall–Kier alpha value is -2.28. The molecule has 0 saturated carbocycles. The highest BCUT2D eigenvalue weighted by Gasteiger charge is 2.10. The molecule has 0 aliphatic heterocycles. The highest BCUT2D eigenvalue weighted by Crippen LogP contribution is 2.30. The molecule has 7 heteroatoms. The molecule has 2 rings (SSSR count). The molecule has 24 heavy (non-hydrogen) atoms. The van der Waals surface area contributed by atoms with E-state index in [1.807, 2.05) is 24.3 Å². The lowest BCUT2D eigenvalue weighted by atomic mass is 10.1. The fourth-order valence-corrected chi connectivity index (χ4v) is 2.57. The number of aromatic nitrogens is 2. The number of ether oxygens (including phenoxy) is 2. The van der Waals surface area contributed by atoms with Crippen LogP contribution in [0, 0.1) is 0 Å². The summed E-state index contributed by atoms with van der Waals surface area (Å²) in [6.07, 6.45) is 1.80. The number of methoxy groups -OCH3 is 2. The standard InChI is InChI=1S/C17H22N4O2S/c1-17(2,3)21-18-11-12-8-6-7-9-13(12)24-16-19-14(22-4)10-15(20-16)23-5/h6-11,21H,1-5H3. The van der Waals surface area contributed by atoms with Crippen LogP contribution in [0.5, 0.6) is 11.8 Å². The van der Waals surface area contributed by atoms with Gasteiger partial charge in [0.25, 0.3) is 0 Å². The van der Waals surface area contributed by atoms with E-state index in [0.717, 1.165) is 10.5 Å². The lowest BCUT2D eigenvalue weighted by molar-refractivity contribution is 0.364. The second-order valence-electron chi connectivity index (χ2n) is 6.00. The number of benzene rings is 1. The van der Waals surface area contributed by atoms with Crippen molar-refractivity contribution in [2.24, 2.45) is 5.10 Å². The summed E-state index contributed by atoms with van der Waals surface area (Å²) >= 11 is 1.43. The van der Waals surface area contributed by atoms with Crippen molar-refractivity contribution in [3.63, 3.8) is 0 Å². The van der Waals surface area contributed by atoms with Gasteiger partial charge >= 0.3 is 0 Å². The maximum atomic E-state index is 5.19. The molecule has 0 unspecified atom stereocenters. The summed E-state index contributed by atoms with van der Waals surface area (Å²) < 4.78 is 10.4. The molecule has 0 atom stereocenters. The number of rotatable bonds is 6. The zero-order valence-corrected chi connectivity index (χ0v) is 15.3. The maximum absolute atomic E-state index is 5.19. The van der Waals surface area contributed by atoms with Crippen LogP contribution >= 0.6 is 11.8 Å². The zero-order chi connectivity index (χ0) is 17.6. The zero-order valence-electron chi connectivity index (χ0n) is 14.5. The van der Waals surface area contributed by atoms with E-state index in [9.17, 15) is 0 Å². The quantitative estimate of drug-likeness (QED) is 0.491. The predicted octanol–water partition coefficient (Wildman–Crippen LogP) is 3.37. The van der Waals surface area contributed by atoms with Gasteiger partial charge in [-0.15, -0.1) is 0 Å². The van der Waals surface area contributed by atoms with Gasteiger partial charge in [-0.05, 0) is 38.6 Å². The molecule has 6 nitrogen and oxygen atoms in total. The molecule has 1 heterocycles. The number of hydrazone groups is 1. The molecule has 128 valence electrons. The van der Waals surface area contributed by atoms with Gasteiger partial charge in [-0.25, -0.2) is 0 Å². The van der Waals surface area contributed by atoms with Crippen molar-refractivity contribution in [2.45, 2.75) is 36.4 Å². The van der Waals surface area contributed by atoms with Gasteiger partial charge in [0.05, 0.1) is 26.5 Å². The van der Waals surface area contributed by atoms with Gasteiger partial charge in [-0.2, -0.15) is 15.1 Å². The first-order valence-corrected chi connectivity index (χ1v) is 8.27. The van der Waals surface area contributed by atoms with Gasteiger partial charge in [0.15, 0.2) is 5.16 Å². The Balaban J connectivity index is 2.24. The third-order valence-electron chi connectivity index (χ3n) is 2.80. The first kappa shape index (κ1) is 18.1. The van der Waals surface area contributed by atoms with Crippen LogP contribution in [0.3, 0.4) is 0 Å². The summed E-state index contributed by atoms with van der Waals surface area (Å²) in [4.78, 5) is 9.68. The van der Waals surface area contributed by atoms with Crippen LogP contribution in [0.4, 0.5) is 0 Å². The highest BCUT2D eigenvalue weighted by molar-refractivity contribution is 7.99. The van der Waals surface area contributed by atoms with E-state index >= 15 is 0 Å². The molecule has 0 saturated heterocycles. The van der Waals surface area contributed by atoms with E-state index in [-0.39, 0.29) is 5.54 Å². The molecule has 0 bridgehead atoms. The number of hydrogen-bond donors (Lipinski definition) is 1. The molecule has 0 aliphatic rings. The Bertz CT molecular complexity index is 692. The molecule has 1 aromatic carbocycles. The SMILES string of the molecule is COc1cc(OC)nc(Sc2ccccc2C=NNC(C)(C)C)n1. The third-order valence-corrected chi connectivity index (χ3v) is 3.76. The van der Waals surface area contributed by atoms with Crippen molar-refractivity contribution in [3.05, 3.63) is 35.9 Å². The fraction of sp³-hybridized carbons (Fsp3) is 0.353. The molecule has 0 radical (unpaired) electrons. The number of hydrogen-bond acceptors (Lipinski definition) is 7. The van der Waals surface area contributed by atoms with Gasteiger partial charge < -0.3 is 14.9 Å². The van der Waals surface area contributed by atoms with E-state index in [1.54, 1.807) is 26.5 Å². The van der Waals surface area contributed by atoms with Gasteiger partial charge in [0.1, 0.15) is 0 Å². The number of nitrogens with zero attached hydrogens (tertiary/aromatic N) is 3. The number of nitrogens with one attached hydrogen (secondary N) is 1. The Kier molecular flexibility index (Phi) is 6.03. The molecule has 0 aliphatic carbocycles. The maximum Gasteiger partial charge on any atom is 0.220 e. The van der Waals surface area contributed by atoms with Crippen LogP contribution in [0.15, 0.2) is 45.5 Å². The van der Waals surface area contributed by atoms with Crippen LogP contribution in [0.25, 0.3) is 0 Å². The normalized spacial score (nSPS) is 11.5. The van der Waals surface area contributed by atoms with E-state index < -0.39 is 0 Å². The molecule has 2 aromatic rings. The smallest absolute Gasteiger partial charge is 0.220 e. The summed E-state index contributed by atoms with van der Waals surface area (Å²) in [6.45, 7) is 6.17. The molecule has 1 aromatic heterocycles. The molecular weight excluding hydrogens is 324 g/mol. The minimum absolute atomic E-state index is 0.0815. The first-order valence-electron chi connectivity index (χ1n) is 7.45. The van der Waals surface area contributed by atoms with Crippen LogP contribution in [0.2, 0.25) is 0 Å². The van der Waals surface area contributed by atoms with Crippen molar-refractivity contribution in [3.8, 4) is 11.8 Å². The summed E-state index contributed by atoms with van der Waals surface area (Å²) in [7, 11) is 3.13. The Morgan fingerprint density at radius 1 is 1.08 bits per heavy atom. The van der Waals surface area contributed by atoms with Crippen LogP contribution in [-0.4, -0.2) is 35.9 Å². The largest absolute Gasteiger partial charge is 0.481 e. The Morgan fingerprint density at radius 3 is 2.29 bits per heavy atom. The second kappa shape index (κ2) is 8.01. The monoisotopic (exact) mass is 346 g/mol. The van der Waals surface area contributed by atoms with Gasteiger partial charge in [0.2, 0.25) is 11.8 Å². The summed E-state index contributed by atoms with van der Waals surface area (Å²) in [6, 6.07) is 9.57. The van der Waals surface area contributed by atoms with E-state index in [1.165, 1.54) is 11.8 Å². The minimum Gasteiger partial charge on any atom is -0.481 e. The average molecular weight is 346 g/mol. The van der Waals surface area contributed by atoms with Crippen LogP contribution < -0.4 is 14.9 Å². The molecule has 0 amide bonds. The van der Waals surface area contributed by atoms with Crippen molar-refractivity contribution in [1.29, 1.82) is 0 Å². The second-order valence-corrected chi connectivity index (χ2v) is 7.00. The fourth-order valence-electron chi connectivity index (χ4n) is 1.71. The molecule has 0 fully saturated rings. The summed E-state index contributed by atoms with van der Waals surface area (Å²) in [5, 5.41) is 4.86. The predicted molar refractivity (Wildman–Crippen MR) is 96.2 cm³/mol. The Labute approximate surface area is 146 Å². The highest BCUT2D eigenvalue weighted by atomic mass is 32.2. The van der Waals surface area contributed by atoms with E-state index in [4.69, 9.17) is 9.47 Å². The van der Waals surface area contributed by atoms with Crippen molar-refractivity contribution < 1.29 is 9.47 Å². The topological polar surface area (TPSA) is 68.6 Å².